The van der Waals surface area contributed by atoms with Gasteiger partial charge in [0.05, 0.1) is 18.5 Å². The predicted molar refractivity (Wildman–Crippen MR) is 119 cm³/mol. The maximum Gasteiger partial charge on any atom is 0.434 e. The van der Waals surface area contributed by atoms with Gasteiger partial charge in [-0.2, -0.15) is 18.3 Å². The zero-order chi connectivity index (χ0) is 24.3. The molecule has 0 unspecified atom stereocenters. The van der Waals surface area contributed by atoms with Crippen LogP contribution in [0, 0.1) is 0 Å². The number of piperazine rings is 1. The van der Waals surface area contributed by atoms with E-state index >= 15 is 0 Å². The first-order valence-corrected chi connectivity index (χ1v) is 10.8. The minimum atomic E-state index is -4.83. The summed E-state index contributed by atoms with van der Waals surface area (Å²) in [4.78, 5) is 28.8. The Morgan fingerprint density at radius 3 is 2.18 bits per heavy atom. The molecule has 10 heteroatoms. The van der Waals surface area contributed by atoms with Crippen LogP contribution in [0.25, 0.3) is 5.69 Å². The van der Waals surface area contributed by atoms with E-state index in [9.17, 15) is 22.8 Å². The molecule has 1 aliphatic rings. The number of amides is 1. The molecule has 34 heavy (non-hydrogen) atoms. The number of rotatable bonds is 5. The third kappa shape index (κ3) is 4.75. The molecule has 3 aromatic rings. The third-order valence-corrected chi connectivity index (χ3v) is 5.58. The van der Waals surface area contributed by atoms with Crippen molar-refractivity contribution < 1.29 is 27.5 Å². The summed E-state index contributed by atoms with van der Waals surface area (Å²) in [6.45, 7) is 3.90. The van der Waals surface area contributed by atoms with Gasteiger partial charge in [0.15, 0.2) is 5.69 Å². The van der Waals surface area contributed by atoms with Gasteiger partial charge in [0.25, 0.3) is 5.91 Å². The molecule has 0 spiro atoms. The Hall–Kier alpha value is -3.82. The highest BCUT2D eigenvalue weighted by molar-refractivity contribution is 5.94. The first kappa shape index (κ1) is 23.3. The average molecular weight is 472 g/mol. The average Bonchev–Trinajstić information content (AvgIpc) is 3.31. The zero-order valence-electron chi connectivity index (χ0n) is 18.5. The SMILES string of the molecule is CCOC(=O)c1cnn(-c2ccc(C(=O)N3CCN(c4ccccc4)CC3)cc2)c1C(F)(F)F. The van der Waals surface area contributed by atoms with E-state index < -0.39 is 23.4 Å². The summed E-state index contributed by atoms with van der Waals surface area (Å²) in [6.07, 6.45) is -3.99. The van der Waals surface area contributed by atoms with Crippen molar-refractivity contribution in [3.05, 3.63) is 77.6 Å². The fourth-order valence-electron chi connectivity index (χ4n) is 3.91. The fraction of sp³-hybridized carbons (Fsp3) is 0.292. The zero-order valence-corrected chi connectivity index (χ0v) is 18.5. The van der Waals surface area contributed by atoms with Crippen molar-refractivity contribution in [1.82, 2.24) is 14.7 Å². The number of hydrogen-bond donors (Lipinski definition) is 0. The summed E-state index contributed by atoms with van der Waals surface area (Å²) >= 11 is 0. The van der Waals surface area contributed by atoms with Gasteiger partial charge in [-0.05, 0) is 43.3 Å². The van der Waals surface area contributed by atoms with Gasteiger partial charge in [0.1, 0.15) is 5.56 Å². The molecule has 2 aromatic carbocycles. The van der Waals surface area contributed by atoms with Crippen LogP contribution in [0.5, 0.6) is 0 Å². The molecule has 0 bridgehead atoms. The van der Waals surface area contributed by atoms with Crippen LogP contribution < -0.4 is 4.90 Å². The number of nitrogens with zero attached hydrogens (tertiary/aromatic N) is 4. The van der Waals surface area contributed by atoms with Gasteiger partial charge in [-0.15, -0.1) is 0 Å². The van der Waals surface area contributed by atoms with E-state index in [-0.39, 0.29) is 18.2 Å². The van der Waals surface area contributed by atoms with Crippen molar-refractivity contribution in [1.29, 1.82) is 0 Å². The molecule has 7 nitrogen and oxygen atoms in total. The largest absolute Gasteiger partial charge is 0.462 e. The quantitative estimate of drug-likeness (QED) is 0.525. The summed E-state index contributed by atoms with van der Waals surface area (Å²) < 4.78 is 46.5. The second-order valence-electron chi connectivity index (χ2n) is 7.70. The Morgan fingerprint density at radius 1 is 0.941 bits per heavy atom. The predicted octanol–water partition coefficient (Wildman–Crippen LogP) is 4.03. The first-order valence-electron chi connectivity index (χ1n) is 10.8. The molecule has 1 aliphatic heterocycles. The van der Waals surface area contributed by atoms with Gasteiger partial charge in [-0.1, -0.05) is 18.2 Å². The monoisotopic (exact) mass is 472 g/mol. The first-order chi connectivity index (χ1) is 16.3. The minimum absolute atomic E-state index is 0.0578. The standard InChI is InChI=1S/C24H23F3N4O3/c1-2-34-23(33)20-16-28-31(21(20)24(25,26)27)19-10-8-17(9-11-19)22(32)30-14-12-29(13-15-30)18-6-4-3-5-7-18/h3-11,16H,2,12-15H2,1H3. The van der Waals surface area contributed by atoms with Crippen LogP contribution in [0.2, 0.25) is 0 Å². The lowest BCUT2D eigenvalue weighted by Crippen LogP contribution is -2.48. The third-order valence-electron chi connectivity index (χ3n) is 5.58. The van der Waals surface area contributed by atoms with Crippen LogP contribution in [0.4, 0.5) is 18.9 Å². The molecular weight excluding hydrogens is 449 g/mol. The number of hydrogen-bond acceptors (Lipinski definition) is 5. The molecule has 1 fully saturated rings. The lowest BCUT2D eigenvalue weighted by Gasteiger charge is -2.36. The number of carbonyl (C=O) groups excluding carboxylic acids is 2. The fourth-order valence-corrected chi connectivity index (χ4v) is 3.91. The van der Waals surface area contributed by atoms with Crippen molar-refractivity contribution in [2.45, 2.75) is 13.1 Å². The Labute approximate surface area is 194 Å². The van der Waals surface area contributed by atoms with Gasteiger partial charge in [0, 0.05) is 37.4 Å². The molecule has 2 heterocycles. The van der Waals surface area contributed by atoms with Crippen LogP contribution in [-0.4, -0.2) is 59.3 Å². The second-order valence-corrected chi connectivity index (χ2v) is 7.70. The van der Waals surface area contributed by atoms with Crippen molar-refractivity contribution in [3.63, 3.8) is 0 Å². The topological polar surface area (TPSA) is 67.7 Å². The minimum Gasteiger partial charge on any atom is -0.462 e. The van der Waals surface area contributed by atoms with E-state index in [2.05, 4.69) is 10.00 Å². The highest BCUT2D eigenvalue weighted by Crippen LogP contribution is 2.34. The van der Waals surface area contributed by atoms with Gasteiger partial charge < -0.3 is 14.5 Å². The Kier molecular flexibility index (Phi) is 6.58. The van der Waals surface area contributed by atoms with E-state index in [0.29, 0.717) is 36.4 Å². The van der Waals surface area contributed by atoms with E-state index in [1.165, 1.54) is 31.2 Å². The normalized spacial score (nSPS) is 14.2. The van der Waals surface area contributed by atoms with Crippen LogP contribution in [-0.2, 0) is 10.9 Å². The van der Waals surface area contributed by atoms with Gasteiger partial charge in [0.2, 0.25) is 0 Å². The number of aromatic nitrogens is 2. The molecule has 0 aliphatic carbocycles. The Bertz CT molecular complexity index is 1150. The molecule has 0 N–H and O–H groups in total. The Balaban J connectivity index is 1.50. The Morgan fingerprint density at radius 2 is 1.59 bits per heavy atom. The van der Waals surface area contributed by atoms with E-state index in [1.54, 1.807) is 4.90 Å². The summed E-state index contributed by atoms with van der Waals surface area (Å²) in [5.41, 5.74) is -0.342. The second kappa shape index (κ2) is 9.58. The van der Waals surface area contributed by atoms with Gasteiger partial charge in [-0.3, -0.25) is 4.79 Å². The number of para-hydroxylation sites is 1. The number of alkyl halides is 3. The number of benzene rings is 2. The molecule has 178 valence electrons. The smallest absolute Gasteiger partial charge is 0.434 e. The number of halogens is 3. The van der Waals surface area contributed by atoms with E-state index in [0.717, 1.165) is 11.9 Å². The van der Waals surface area contributed by atoms with Crippen molar-refractivity contribution in [3.8, 4) is 5.69 Å². The van der Waals surface area contributed by atoms with Crippen LogP contribution in [0.3, 0.4) is 0 Å². The summed E-state index contributed by atoms with van der Waals surface area (Å²) in [6, 6.07) is 15.6. The van der Waals surface area contributed by atoms with Crippen LogP contribution >= 0.6 is 0 Å². The van der Waals surface area contributed by atoms with E-state index in [4.69, 9.17) is 4.74 Å². The maximum atomic E-state index is 13.7. The number of carbonyl (C=O) groups is 2. The van der Waals surface area contributed by atoms with Crippen LogP contribution in [0.1, 0.15) is 33.3 Å². The lowest BCUT2D eigenvalue weighted by molar-refractivity contribution is -0.143. The summed E-state index contributed by atoms with van der Waals surface area (Å²) in [5.74, 6) is -1.29. The highest BCUT2D eigenvalue weighted by Gasteiger charge is 2.41. The molecule has 1 amide bonds. The number of ether oxygens (including phenoxy) is 1. The molecule has 0 saturated carbocycles. The van der Waals surface area contributed by atoms with Crippen molar-refractivity contribution in [2.75, 3.05) is 37.7 Å². The van der Waals surface area contributed by atoms with Crippen LogP contribution in [0.15, 0.2) is 60.8 Å². The molecule has 1 aromatic heterocycles. The van der Waals surface area contributed by atoms with E-state index in [1.807, 2.05) is 30.3 Å². The van der Waals surface area contributed by atoms with Gasteiger partial charge >= 0.3 is 12.1 Å². The summed E-state index contributed by atoms with van der Waals surface area (Å²) in [5, 5.41) is 3.75. The molecule has 4 rings (SSSR count). The maximum absolute atomic E-state index is 13.7. The lowest BCUT2D eigenvalue weighted by atomic mass is 10.1. The molecule has 0 radical (unpaired) electrons. The number of esters is 1. The summed E-state index contributed by atoms with van der Waals surface area (Å²) in [7, 11) is 0. The molecule has 0 atom stereocenters. The molecule has 1 saturated heterocycles. The van der Waals surface area contributed by atoms with Crippen molar-refractivity contribution in [2.24, 2.45) is 0 Å². The van der Waals surface area contributed by atoms with Crippen molar-refractivity contribution >= 4 is 17.6 Å². The molecular formula is C24H23F3N4O3. The van der Waals surface area contributed by atoms with Gasteiger partial charge in [-0.25, -0.2) is 9.48 Å². The highest BCUT2D eigenvalue weighted by atomic mass is 19.4. The number of anilines is 1.